The molecule has 22 heavy (non-hydrogen) atoms. The highest BCUT2D eigenvalue weighted by Gasteiger charge is 2.10. The normalized spacial score (nSPS) is 11.7. The molecule has 0 aliphatic rings. The maximum Gasteiger partial charge on any atom is 0.352 e. The molecule has 0 atom stereocenters. The molecule has 2 N–H and O–H groups in total. The highest BCUT2D eigenvalue weighted by atomic mass is 32.2. The fraction of sp³-hybridized carbons (Fsp3) is 0.0667. The van der Waals surface area contributed by atoms with Crippen molar-refractivity contribution in [1.82, 2.24) is 9.97 Å². The predicted octanol–water partition coefficient (Wildman–Crippen LogP) is 2.33. The zero-order valence-electron chi connectivity index (χ0n) is 11.6. The third-order valence-corrected chi connectivity index (χ3v) is 4.44. The highest BCUT2D eigenvalue weighted by molar-refractivity contribution is 7.90. The zero-order chi connectivity index (χ0) is 15.9. The lowest BCUT2D eigenvalue weighted by atomic mass is 10.1. The van der Waals surface area contributed by atoms with Crippen LogP contribution in [0.1, 0.15) is 10.5 Å². The SMILES string of the molecule is CS(=O)(=O)c1ccc(-c2cnc3[nH]c(C(=O)O)cc3c2)cc1. The van der Waals surface area contributed by atoms with E-state index in [1.54, 1.807) is 24.4 Å². The van der Waals surface area contributed by atoms with Crippen molar-refractivity contribution in [2.24, 2.45) is 0 Å². The minimum Gasteiger partial charge on any atom is -0.477 e. The largest absolute Gasteiger partial charge is 0.477 e. The van der Waals surface area contributed by atoms with Gasteiger partial charge in [0.2, 0.25) is 0 Å². The van der Waals surface area contributed by atoms with E-state index in [-0.39, 0.29) is 10.6 Å². The molecule has 0 saturated heterocycles. The summed E-state index contributed by atoms with van der Waals surface area (Å²) in [5.41, 5.74) is 2.16. The van der Waals surface area contributed by atoms with Gasteiger partial charge in [0.05, 0.1) is 4.90 Å². The number of pyridine rings is 1. The number of aromatic carboxylic acids is 1. The average molecular weight is 316 g/mol. The number of aromatic amines is 1. The first-order valence-electron chi connectivity index (χ1n) is 6.37. The summed E-state index contributed by atoms with van der Waals surface area (Å²) in [6, 6.07) is 9.79. The van der Waals surface area contributed by atoms with E-state index in [1.165, 1.54) is 18.2 Å². The molecule has 0 spiro atoms. The molecule has 0 radical (unpaired) electrons. The van der Waals surface area contributed by atoms with Crippen molar-refractivity contribution in [2.45, 2.75) is 4.90 Å². The summed E-state index contributed by atoms with van der Waals surface area (Å²) in [7, 11) is -3.23. The summed E-state index contributed by atoms with van der Waals surface area (Å²) in [4.78, 5) is 18.1. The van der Waals surface area contributed by atoms with Gasteiger partial charge in [-0.1, -0.05) is 12.1 Å². The van der Waals surface area contributed by atoms with Gasteiger partial charge in [-0.25, -0.2) is 18.2 Å². The summed E-state index contributed by atoms with van der Waals surface area (Å²) in [6.07, 6.45) is 2.77. The number of nitrogens with zero attached hydrogens (tertiary/aromatic N) is 1. The Morgan fingerprint density at radius 2 is 1.82 bits per heavy atom. The summed E-state index contributed by atoms with van der Waals surface area (Å²) in [5, 5.41) is 9.65. The number of carboxylic acid groups (broad SMARTS) is 1. The summed E-state index contributed by atoms with van der Waals surface area (Å²) in [6.45, 7) is 0. The van der Waals surface area contributed by atoms with Crippen LogP contribution in [0.25, 0.3) is 22.2 Å². The molecular weight excluding hydrogens is 304 g/mol. The van der Waals surface area contributed by atoms with Gasteiger partial charge < -0.3 is 10.1 Å². The molecule has 1 aromatic carbocycles. The van der Waals surface area contributed by atoms with Crippen LogP contribution in [0.5, 0.6) is 0 Å². The topological polar surface area (TPSA) is 100 Å². The van der Waals surface area contributed by atoms with Gasteiger partial charge in [0.1, 0.15) is 11.3 Å². The van der Waals surface area contributed by atoms with Crippen LogP contribution in [0.3, 0.4) is 0 Å². The second kappa shape index (κ2) is 4.96. The molecular formula is C15H12N2O4S. The Kier molecular flexibility index (Phi) is 3.22. The molecule has 3 rings (SSSR count). The molecule has 0 aliphatic carbocycles. The predicted molar refractivity (Wildman–Crippen MR) is 81.6 cm³/mol. The van der Waals surface area contributed by atoms with Crippen LogP contribution in [0.4, 0.5) is 0 Å². The molecule has 0 amide bonds. The van der Waals surface area contributed by atoms with Gasteiger partial charge in [0.25, 0.3) is 0 Å². The first-order chi connectivity index (χ1) is 10.3. The van der Waals surface area contributed by atoms with E-state index in [9.17, 15) is 13.2 Å². The van der Waals surface area contributed by atoms with E-state index < -0.39 is 15.8 Å². The summed E-state index contributed by atoms with van der Waals surface area (Å²) < 4.78 is 22.9. The van der Waals surface area contributed by atoms with Crippen molar-refractivity contribution in [3.63, 3.8) is 0 Å². The van der Waals surface area contributed by atoms with Crippen molar-refractivity contribution in [3.8, 4) is 11.1 Å². The van der Waals surface area contributed by atoms with Gasteiger partial charge in [-0.05, 0) is 29.8 Å². The van der Waals surface area contributed by atoms with E-state index in [0.717, 1.165) is 17.4 Å². The van der Waals surface area contributed by atoms with Crippen molar-refractivity contribution in [2.75, 3.05) is 6.26 Å². The van der Waals surface area contributed by atoms with E-state index in [2.05, 4.69) is 9.97 Å². The fourth-order valence-corrected chi connectivity index (χ4v) is 2.81. The van der Waals surface area contributed by atoms with Crippen molar-refractivity contribution < 1.29 is 18.3 Å². The first-order valence-corrected chi connectivity index (χ1v) is 8.26. The van der Waals surface area contributed by atoms with Gasteiger partial charge >= 0.3 is 5.97 Å². The van der Waals surface area contributed by atoms with Crippen LogP contribution in [0.2, 0.25) is 0 Å². The van der Waals surface area contributed by atoms with E-state index in [0.29, 0.717) is 11.0 Å². The van der Waals surface area contributed by atoms with Crippen LogP contribution in [0, 0.1) is 0 Å². The monoisotopic (exact) mass is 316 g/mol. The van der Waals surface area contributed by atoms with Crippen LogP contribution in [-0.2, 0) is 9.84 Å². The molecule has 2 aromatic heterocycles. The molecule has 0 saturated carbocycles. The van der Waals surface area contributed by atoms with E-state index >= 15 is 0 Å². The van der Waals surface area contributed by atoms with Crippen molar-refractivity contribution in [1.29, 1.82) is 0 Å². The second-order valence-corrected chi connectivity index (χ2v) is 6.96. The van der Waals surface area contributed by atoms with Crippen LogP contribution < -0.4 is 0 Å². The maximum atomic E-state index is 11.5. The van der Waals surface area contributed by atoms with Crippen molar-refractivity contribution >= 4 is 26.8 Å². The molecule has 0 fully saturated rings. The Balaban J connectivity index is 2.04. The van der Waals surface area contributed by atoms with Gasteiger partial charge in [0.15, 0.2) is 9.84 Å². The van der Waals surface area contributed by atoms with Crippen LogP contribution in [0.15, 0.2) is 47.5 Å². The number of rotatable bonds is 3. The van der Waals surface area contributed by atoms with Gasteiger partial charge in [-0.15, -0.1) is 0 Å². The number of sulfone groups is 1. The highest BCUT2D eigenvalue weighted by Crippen LogP contribution is 2.24. The van der Waals surface area contributed by atoms with Gasteiger partial charge in [-0.3, -0.25) is 0 Å². The minimum absolute atomic E-state index is 0.0760. The van der Waals surface area contributed by atoms with E-state index in [1.807, 2.05) is 0 Å². The van der Waals surface area contributed by atoms with Crippen molar-refractivity contribution in [3.05, 3.63) is 48.3 Å². The lowest BCUT2D eigenvalue weighted by Crippen LogP contribution is -1.96. The minimum atomic E-state index is -3.23. The number of nitrogens with one attached hydrogen (secondary N) is 1. The molecule has 0 unspecified atom stereocenters. The number of hydrogen-bond donors (Lipinski definition) is 2. The Bertz CT molecular complexity index is 972. The van der Waals surface area contributed by atoms with Crippen LogP contribution >= 0.6 is 0 Å². The number of H-pyrrole nitrogens is 1. The molecule has 112 valence electrons. The maximum absolute atomic E-state index is 11.5. The molecule has 0 aliphatic heterocycles. The third-order valence-electron chi connectivity index (χ3n) is 3.32. The zero-order valence-corrected chi connectivity index (χ0v) is 12.4. The standard InChI is InChI=1S/C15H12N2O4S/c1-22(20,21)12-4-2-9(3-5-12)11-6-10-7-13(15(18)19)17-14(10)16-8-11/h2-8H,1H3,(H,16,17)(H,18,19). The average Bonchev–Trinajstić information content (AvgIpc) is 2.89. The van der Waals surface area contributed by atoms with Gasteiger partial charge in [-0.2, -0.15) is 0 Å². The molecule has 7 heteroatoms. The number of carboxylic acids is 1. The van der Waals surface area contributed by atoms with Crippen LogP contribution in [-0.4, -0.2) is 35.7 Å². The summed E-state index contributed by atoms with van der Waals surface area (Å²) in [5.74, 6) is -1.04. The first kappa shape index (κ1) is 14.3. The summed E-state index contributed by atoms with van der Waals surface area (Å²) >= 11 is 0. The molecule has 2 heterocycles. The third kappa shape index (κ3) is 2.58. The number of hydrogen-bond acceptors (Lipinski definition) is 4. The number of fused-ring (bicyclic) bond motifs is 1. The lowest BCUT2D eigenvalue weighted by molar-refractivity contribution is 0.0691. The molecule has 3 aromatic rings. The fourth-order valence-electron chi connectivity index (χ4n) is 2.18. The Morgan fingerprint density at radius 3 is 2.41 bits per heavy atom. The Morgan fingerprint density at radius 1 is 1.14 bits per heavy atom. The Hall–Kier alpha value is -2.67. The number of benzene rings is 1. The molecule has 0 bridgehead atoms. The Labute approximate surface area is 126 Å². The molecule has 6 nitrogen and oxygen atoms in total. The van der Waals surface area contributed by atoms with Gasteiger partial charge in [0, 0.05) is 23.4 Å². The van der Waals surface area contributed by atoms with E-state index in [4.69, 9.17) is 5.11 Å². The smallest absolute Gasteiger partial charge is 0.352 e. The second-order valence-electron chi connectivity index (χ2n) is 4.95. The number of carbonyl (C=O) groups is 1. The lowest BCUT2D eigenvalue weighted by Gasteiger charge is -2.03. The quantitative estimate of drug-likeness (QED) is 0.772. The number of aromatic nitrogens is 2.